The molecular weight excluding hydrogens is 376 g/mol. The third kappa shape index (κ3) is 6.19. The smallest absolute Gasteiger partial charge is 0.253 e. The second-order valence-electron chi connectivity index (χ2n) is 8.32. The van der Waals surface area contributed by atoms with Gasteiger partial charge in [-0.15, -0.1) is 11.6 Å². The molecule has 3 rings (SSSR count). The van der Waals surface area contributed by atoms with Crippen LogP contribution in [0.2, 0.25) is 0 Å². The molecule has 1 aromatic carbocycles. The van der Waals surface area contributed by atoms with E-state index < -0.39 is 0 Å². The molecule has 1 aliphatic heterocycles. The van der Waals surface area contributed by atoms with E-state index in [9.17, 15) is 9.59 Å². The molecule has 0 unspecified atom stereocenters. The van der Waals surface area contributed by atoms with Crippen LogP contribution in [0.5, 0.6) is 0 Å². The van der Waals surface area contributed by atoms with Crippen LogP contribution in [0.1, 0.15) is 64.2 Å². The highest BCUT2D eigenvalue weighted by atomic mass is 35.5. The zero-order valence-corrected chi connectivity index (χ0v) is 17.6. The lowest BCUT2D eigenvalue weighted by Gasteiger charge is -2.26. The van der Waals surface area contributed by atoms with Crippen molar-refractivity contribution in [2.24, 2.45) is 0 Å². The van der Waals surface area contributed by atoms with Crippen LogP contribution in [0, 0.1) is 0 Å². The lowest BCUT2D eigenvalue weighted by molar-refractivity contribution is 0.373. The topological polar surface area (TPSA) is 82.3 Å². The molecular formula is C21H35ClN4O2. The molecule has 7 heteroatoms. The average Bonchev–Trinajstić information content (AvgIpc) is 2.73. The third-order valence-corrected chi connectivity index (χ3v) is 6.53. The molecule has 158 valence electrons. The van der Waals surface area contributed by atoms with Crippen molar-refractivity contribution >= 4 is 23.0 Å². The predicted octanol–water partition coefficient (Wildman–Crippen LogP) is 2.56. The van der Waals surface area contributed by atoms with Crippen LogP contribution in [-0.2, 0) is 0 Å². The number of rotatable bonds is 11. The largest absolute Gasteiger partial charge is 0.380 e. The Hall–Kier alpha value is -1.11. The molecule has 2 aliphatic rings. The number of halogens is 1. The summed E-state index contributed by atoms with van der Waals surface area (Å²) in [4.78, 5) is 23.7. The molecule has 1 heterocycles. The molecule has 6 nitrogen and oxygen atoms in total. The number of hydrogen-bond donors (Lipinski definition) is 4. The van der Waals surface area contributed by atoms with Crippen molar-refractivity contribution in [3.63, 3.8) is 0 Å². The Morgan fingerprint density at radius 1 is 0.786 bits per heavy atom. The maximum Gasteiger partial charge on any atom is 0.253 e. The molecule has 1 saturated heterocycles. The van der Waals surface area contributed by atoms with Gasteiger partial charge in [-0.25, -0.2) is 0 Å². The van der Waals surface area contributed by atoms with E-state index in [4.69, 9.17) is 11.6 Å². The fourth-order valence-electron chi connectivity index (χ4n) is 4.25. The van der Waals surface area contributed by atoms with E-state index in [0.29, 0.717) is 22.8 Å². The first-order valence-electron chi connectivity index (χ1n) is 11.1. The molecule has 28 heavy (non-hydrogen) atoms. The quantitative estimate of drug-likeness (QED) is 0.255. The van der Waals surface area contributed by atoms with Crippen molar-refractivity contribution in [2.45, 2.75) is 81.7 Å². The van der Waals surface area contributed by atoms with Gasteiger partial charge in [-0.1, -0.05) is 12.8 Å². The fraction of sp³-hybridized carbons (Fsp3) is 0.810. The third-order valence-electron chi connectivity index (χ3n) is 6.09. The summed E-state index contributed by atoms with van der Waals surface area (Å²) in [6.45, 7) is 3.74. The van der Waals surface area contributed by atoms with Crippen molar-refractivity contribution in [3.05, 3.63) is 20.4 Å². The SMILES string of the molecule is O=c1c(NCCCCCCNC2CCC(Cl)CC2)c(NC2CCNCC2)c1=O. The Bertz CT molecular complexity index is 660. The summed E-state index contributed by atoms with van der Waals surface area (Å²) in [7, 11) is 0. The first kappa shape index (κ1) is 21.6. The molecule has 0 bridgehead atoms. The van der Waals surface area contributed by atoms with Crippen LogP contribution in [0.4, 0.5) is 11.4 Å². The summed E-state index contributed by atoms with van der Waals surface area (Å²) in [5.41, 5.74) is 0.274. The van der Waals surface area contributed by atoms with E-state index in [1.54, 1.807) is 0 Å². The minimum atomic E-state index is -0.368. The van der Waals surface area contributed by atoms with Gasteiger partial charge in [-0.05, 0) is 71.0 Å². The fourth-order valence-corrected chi connectivity index (χ4v) is 4.50. The predicted molar refractivity (Wildman–Crippen MR) is 118 cm³/mol. The van der Waals surface area contributed by atoms with Crippen molar-refractivity contribution in [1.29, 1.82) is 0 Å². The van der Waals surface area contributed by atoms with Gasteiger partial charge in [0.2, 0.25) is 0 Å². The van der Waals surface area contributed by atoms with Crippen LogP contribution in [-0.4, -0.2) is 43.6 Å². The summed E-state index contributed by atoms with van der Waals surface area (Å²) in [6.07, 6.45) is 11.2. The standard InChI is InChI=1S/C21H35ClN4O2/c22-15-5-7-16(8-6-15)24-11-3-1-2-4-12-25-18-19(21(28)20(18)27)26-17-9-13-23-14-10-17/h15-17,23-26H,1-14H2. The minimum Gasteiger partial charge on any atom is -0.380 e. The van der Waals surface area contributed by atoms with Gasteiger partial charge >= 0.3 is 0 Å². The Labute approximate surface area is 172 Å². The van der Waals surface area contributed by atoms with Gasteiger partial charge in [0, 0.05) is 24.0 Å². The highest BCUT2D eigenvalue weighted by molar-refractivity contribution is 6.20. The molecule has 0 aromatic heterocycles. The Morgan fingerprint density at radius 2 is 1.43 bits per heavy atom. The lowest BCUT2D eigenvalue weighted by Crippen LogP contribution is -2.42. The molecule has 1 saturated carbocycles. The van der Waals surface area contributed by atoms with Gasteiger partial charge in [0.25, 0.3) is 10.9 Å². The molecule has 0 amide bonds. The number of piperidine rings is 1. The second kappa shape index (κ2) is 11.2. The first-order valence-corrected chi connectivity index (χ1v) is 11.5. The first-order chi connectivity index (χ1) is 13.6. The van der Waals surface area contributed by atoms with E-state index in [-0.39, 0.29) is 16.9 Å². The Kier molecular flexibility index (Phi) is 8.62. The maximum atomic E-state index is 11.9. The molecule has 4 N–H and O–H groups in total. The van der Waals surface area contributed by atoms with Crippen molar-refractivity contribution in [3.8, 4) is 0 Å². The minimum absolute atomic E-state index is 0.289. The zero-order chi connectivity index (χ0) is 19.8. The van der Waals surface area contributed by atoms with Gasteiger partial charge in [-0.2, -0.15) is 0 Å². The Morgan fingerprint density at radius 3 is 2.14 bits per heavy atom. The summed E-state index contributed by atoms with van der Waals surface area (Å²) in [6, 6.07) is 0.939. The summed E-state index contributed by atoms with van der Waals surface area (Å²) in [5, 5.41) is 13.8. The molecule has 0 atom stereocenters. The van der Waals surface area contributed by atoms with Crippen LogP contribution in [0.15, 0.2) is 9.59 Å². The highest BCUT2D eigenvalue weighted by Gasteiger charge is 2.23. The molecule has 0 spiro atoms. The maximum absolute atomic E-state index is 11.9. The number of anilines is 2. The van der Waals surface area contributed by atoms with E-state index >= 15 is 0 Å². The summed E-state index contributed by atoms with van der Waals surface area (Å²) < 4.78 is 0. The number of alkyl halides is 1. The lowest BCUT2D eigenvalue weighted by atomic mass is 9.95. The number of nitrogens with one attached hydrogen (secondary N) is 4. The monoisotopic (exact) mass is 410 g/mol. The second-order valence-corrected chi connectivity index (χ2v) is 8.94. The van der Waals surface area contributed by atoms with Crippen LogP contribution in [0.25, 0.3) is 0 Å². The summed E-state index contributed by atoms with van der Waals surface area (Å²) >= 11 is 6.14. The van der Waals surface area contributed by atoms with Gasteiger partial charge in [0.1, 0.15) is 11.4 Å². The number of unbranched alkanes of at least 4 members (excludes halogenated alkanes) is 3. The number of hydrogen-bond acceptors (Lipinski definition) is 6. The van der Waals surface area contributed by atoms with Gasteiger partial charge in [0.05, 0.1) is 0 Å². The molecule has 0 radical (unpaired) electrons. The van der Waals surface area contributed by atoms with Crippen molar-refractivity contribution in [1.82, 2.24) is 10.6 Å². The van der Waals surface area contributed by atoms with Crippen molar-refractivity contribution < 1.29 is 0 Å². The highest BCUT2D eigenvalue weighted by Crippen LogP contribution is 2.22. The average molecular weight is 411 g/mol. The van der Waals surface area contributed by atoms with Crippen LogP contribution in [0.3, 0.4) is 0 Å². The van der Waals surface area contributed by atoms with E-state index in [1.807, 2.05) is 0 Å². The van der Waals surface area contributed by atoms with E-state index in [1.165, 1.54) is 25.7 Å². The van der Waals surface area contributed by atoms with E-state index in [0.717, 1.165) is 64.7 Å². The molecule has 1 aliphatic carbocycles. The molecule has 1 aromatic rings. The van der Waals surface area contributed by atoms with Gasteiger partial charge < -0.3 is 21.3 Å². The van der Waals surface area contributed by atoms with Crippen LogP contribution < -0.4 is 32.1 Å². The molecule has 2 fully saturated rings. The van der Waals surface area contributed by atoms with Gasteiger partial charge in [0.15, 0.2) is 0 Å². The Balaban J connectivity index is 1.25. The summed E-state index contributed by atoms with van der Waals surface area (Å²) in [5.74, 6) is 0. The van der Waals surface area contributed by atoms with Gasteiger partial charge in [-0.3, -0.25) is 9.59 Å². The zero-order valence-electron chi connectivity index (χ0n) is 16.8. The van der Waals surface area contributed by atoms with E-state index in [2.05, 4.69) is 21.3 Å². The van der Waals surface area contributed by atoms with Crippen LogP contribution >= 0.6 is 11.6 Å². The van der Waals surface area contributed by atoms with Crippen molar-refractivity contribution in [2.75, 3.05) is 36.8 Å². The normalized spacial score (nSPS) is 23.8.